The van der Waals surface area contributed by atoms with Crippen molar-refractivity contribution in [2.75, 3.05) is 5.32 Å². The van der Waals surface area contributed by atoms with Crippen molar-refractivity contribution < 1.29 is 9.18 Å². The molecule has 0 aliphatic carbocycles. The number of nitrogens with one attached hydrogen (secondary N) is 1. The maximum absolute atomic E-state index is 13.5. The van der Waals surface area contributed by atoms with E-state index in [9.17, 15) is 9.18 Å². The van der Waals surface area contributed by atoms with Crippen molar-refractivity contribution in [1.29, 1.82) is 0 Å². The Bertz CT molecular complexity index is 917. The van der Waals surface area contributed by atoms with Gasteiger partial charge >= 0.3 is 0 Å². The van der Waals surface area contributed by atoms with Gasteiger partial charge in [0, 0.05) is 18.0 Å². The van der Waals surface area contributed by atoms with Crippen molar-refractivity contribution >= 4 is 34.9 Å². The van der Waals surface area contributed by atoms with Gasteiger partial charge in [-0.05, 0) is 42.8 Å². The third-order valence-electron chi connectivity index (χ3n) is 3.35. The number of amides is 1. The molecular weight excluding hydrogens is 317 g/mol. The number of aromatic nitrogens is 2. The van der Waals surface area contributed by atoms with Crippen molar-refractivity contribution in [3.8, 4) is 0 Å². The predicted molar refractivity (Wildman–Crippen MR) is 89.0 cm³/mol. The molecule has 0 spiro atoms. The fourth-order valence-electron chi connectivity index (χ4n) is 2.14. The van der Waals surface area contributed by atoms with Crippen LogP contribution in [0, 0.1) is 12.7 Å². The number of pyridine rings is 1. The molecule has 0 fully saturated rings. The molecule has 23 heavy (non-hydrogen) atoms. The monoisotopic (exact) mass is 329 g/mol. The lowest BCUT2D eigenvalue weighted by molar-refractivity contribution is -0.111. The minimum Gasteiger partial charge on any atom is -0.322 e. The van der Waals surface area contributed by atoms with Crippen LogP contribution in [-0.2, 0) is 4.79 Å². The van der Waals surface area contributed by atoms with Gasteiger partial charge in [0.15, 0.2) is 5.15 Å². The summed E-state index contributed by atoms with van der Waals surface area (Å²) in [6, 6.07) is 10.0. The number of imidazole rings is 1. The normalized spacial score (nSPS) is 11.3. The van der Waals surface area contributed by atoms with Crippen molar-refractivity contribution in [2.24, 2.45) is 0 Å². The predicted octanol–water partition coefficient (Wildman–Crippen LogP) is 4.09. The molecule has 1 aromatic carbocycles. The van der Waals surface area contributed by atoms with Crippen LogP contribution in [0.4, 0.5) is 10.1 Å². The van der Waals surface area contributed by atoms with Crippen LogP contribution in [-0.4, -0.2) is 15.3 Å². The Morgan fingerprint density at radius 3 is 2.96 bits per heavy atom. The highest BCUT2D eigenvalue weighted by Gasteiger charge is 2.07. The van der Waals surface area contributed by atoms with E-state index in [1.165, 1.54) is 12.1 Å². The van der Waals surface area contributed by atoms with Gasteiger partial charge in [0.1, 0.15) is 11.5 Å². The third kappa shape index (κ3) is 3.24. The van der Waals surface area contributed by atoms with Gasteiger partial charge in [0.05, 0.1) is 5.69 Å². The maximum atomic E-state index is 13.5. The second-order valence-corrected chi connectivity index (χ2v) is 5.36. The Morgan fingerprint density at radius 1 is 1.35 bits per heavy atom. The first-order chi connectivity index (χ1) is 11.0. The van der Waals surface area contributed by atoms with E-state index in [2.05, 4.69) is 10.3 Å². The van der Waals surface area contributed by atoms with Crippen molar-refractivity contribution in [3.05, 3.63) is 70.9 Å². The minimum absolute atomic E-state index is 0.307. The molecule has 0 atom stereocenters. The first kappa shape index (κ1) is 15.2. The Hall–Kier alpha value is -2.66. The lowest BCUT2D eigenvalue weighted by Crippen LogP contribution is -2.08. The zero-order valence-electron chi connectivity index (χ0n) is 12.3. The van der Waals surface area contributed by atoms with Gasteiger partial charge in [-0.3, -0.25) is 9.20 Å². The second-order valence-electron chi connectivity index (χ2n) is 5.00. The number of hydrogen-bond acceptors (Lipinski definition) is 2. The molecule has 0 radical (unpaired) electrons. The second kappa shape index (κ2) is 6.22. The molecule has 4 nitrogen and oxygen atoms in total. The molecule has 116 valence electrons. The Balaban J connectivity index is 1.80. The summed E-state index contributed by atoms with van der Waals surface area (Å²) in [5.41, 5.74) is 2.22. The Kier molecular flexibility index (Phi) is 4.12. The number of carbonyl (C=O) groups is 1. The molecule has 3 aromatic rings. The quantitative estimate of drug-likeness (QED) is 0.736. The minimum atomic E-state index is -0.379. The molecule has 6 heteroatoms. The number of carbonyl (C=O) groups excluding carboxylic acids is 1. The Morgan fingerprint density at radius 2 is 2.17 bits per heavy atom. The maximum Gasteiger partial charge on any atom is 0.248 e. The summed E-state index contributed by atoms with van der Waals surface area (Å²) in [5, 5.41) is 2.91. The Labute approximate surface area is 137 Å². The summed E-state index contributed by atoms with van der Waals surface area (Å²) < 4.78 is 15.2. The van der Waals surface area contributed by atoms with Crippen LogP contribution in [0.3, 0.4) is 0 Å². The molecule has 0 bridgehead atoms. The van der Waals surface area contributed by atoms with E-state index in [1.54, 1.807) is 35.7 Å². The van der Waals surface area contributed by atoms with E-state index >= 15 is 0 Å². The highest BCUT2D eigenvalue weighted by Crippen LogP contribution is 2.19. The van der Waals surface area contributed by atoms with Crippen LogP contribution in [0.25, 0.3) is 11.7 Å². The molecule has 0 aliphatic heterocycles. The zero-order chi connectivity index (χ0) is 16.4. The number of anilines is 1. The molecule has 2 aromatic heterocycles. The van der Waals surface area contributed by atoms with E-state index in [0.29, 0.717) is 27.7 Å². The summed E-state index contributed by atoms with van der Waals surface area (Å²) >= 11 is 6.08. The van der Waals surface area contributed by atoms with Gasteiger partial charge in [-0.1, -0.05) is 23.7 Å². The molecule has 1 amide bonds. The SMILES string of the molecule is Cc1ccc(NC(=O)/C=C/c2c(Cl)nc3ccccn23)cc1F. The summed E-state index contributed by atoms with van der Waals surface area (Å²) in [4.78, 5) is 16.2. The summed E-state index contributed by atoms with van der Waals surface area (Å²) in [7, 11) is 0. The fraction of sp³-hybridized carbons (Fsp3) is 0.0588. The number of aryl methyl sites for hydroxylation is 1. The van der Waals surface area contributed by atoms with E-state index < -0.39 is 0 Å². The van der Waals surface area contributed by atoms with Crippen LogP contribution in [0.2, 0.25) is 5.15 Å². The zero-order valence-corrected chi connectivity index (χ0v) is 13.0. The van der Waals surface area contributed by atoms with Gasteiger partial charge in [-0.2, -0.15) is 0 Å². The van der Waals surface area contributed by atoms with Crippen LogP contribution in [0.1, 0.15) is 11.3 Å². The van der Waals surface area contributed by atoms with Crippen LogP contribution in [0.15, 0.2) is 48.7 Å². The largest absolute Gasteiger partial charge is 0.322 e. The van der Waals surface area contributed by atoms with Crippen LogP contribution >= 0.6 is 11.6 Å². The van der Waals surface area contributed by atoms with Gasteiger partial charge in [-0.25, -0.2) is 9.37 Å². The van der Waals surface area contributed by atoms with Crippen molar-refractivity contribution in [3.63, 3.8) is 0 Å². The molecule has 0 saturated carbocycles. The lowest BCUT2D eigenvalue weighted by Gasteiger charge is -2.03. The lowest BCUT2D eigenvalue weighted by atomic mass is 10.2. The molecule has 3 rings (SSSR count). The average Bonchev–Trinajstić information content (AvgIpc) is 2.84. The standard InChI is InChI=1S/C17H13ClFN3O/c1-11-5-6-12(10-13(11)19)20-16(23)8-7-14-17(18)21-15-4-2-3-9-22(14)15/h2-10H,1H3,(H,20,23)/b8-7+. The van der Waals surface area contributed by atoms with E-state index in [-0.39, 0.29) is 11.7 Å². The molecule has 0 saturated heterocycles. The summed E-state index contributed by atoms with van der Waals surface area (Å²) in [5.74, 6) is -0.744. The van der Waals surface area contributed by atoms with Crippen molar-refractivity contribution in [2.45, 2.75) is 6.92 Å². The topological polar surface area (TPSA) is 46.4 Å². The van der Waals surface area contributed by atoms with Gasteiger partial charge in [0.2, 0.25) is 5.91 Å². The fourth-order valence-corrected chi connectivity index (χ4v) is 2.38. The van der Waals surface area contributed by atoms with E-state index in [1.807, 2.05) is 18.2 Å². The average molecular weight is 330 g/mol. The molecule has 2 heterocycles. The van der Waals surface area contributed by atoms with Crippen LogP contribution < -0.4 is 5.32 Å². The van der Waals surface area contributed by atoms with Crippen molar-refractivity contribution in [1.82, 2.24) is 9.38 Å². The first-order valence-corrected chi connectivity index (χ1v) is 7.30. The first-order valence-electron chi connectivity index (χ1n) is 6.92. The van der Waals surface area contributed by atoms with Crippen LogP contribution in [0.5, 0.6) is 0 Å². The van der Waals surface area contributed by atoms with Gasteiger partial charge in [0.25, 0.3) is 0 Å². The third-order valence-corrected chi connectivity index (χ3v) is 3.63. The number of rotatable bonds is 3. The number of hydrogen-bond donors (Lipinski definition) is 1. The summed E-state index contributed by atoms with van der Waals surface area (Å²) in [6.45, 7) is 1.66. The smallest absolute Gasteiger partial charge is 0.248 e. The number of fused-ring (bicyclic) bond motifs is 1. The molecular formula is C17H13ClFN3O. The number of nitrogens with zero attached hydrogens (tertiary/aromatic N) is 2. The van der Waals surface area contributed by atoms with Gasteiger partial charge < -0.3 is 5.32 Å². The highest BCUT2D eigenvalue weighted by atomic mass is 35.5. The van der Waals surface area contributed by atoms with E-state index in [0.717, 1.165) is 0 Å². The molecule has 1 N–H and O–H groups in total. The van der Waals surface area contributed by atoms with E-state index in [4.69, 9.17) is 11.6 Å². The molecule has 0 unspecified atom stereocenters. The van der Waals surface area contributed by atoms with Gasteiger partial charge in [-0.15, -0.1) is 0 Å². The summed E-state index contributed by atoms with van der Waals surface area (Å²) in [6.07, 6.45) is 4.71. The number of halogens is 2. The highest BCUT2D eigenvalue weighted by molar-refractivity contribution is 6.31. The molecule has 0 aliphatic rings. The number of benzene rings is 1.